The quantitative estimate of drug-likeness (QED) is 0.862. The summed E-state index contributed by atoms with van der Waals surface area (Å²) in [4.78, 5) is 25.2. The Morgan fingerprint density at radius 2 is 1.78 bits per heavy atom. The maximum absolute atomic E-state index is 12.7. The third kappa shape index (κ3) is 3.41. The zero-order valence-corrected chi connectivity index (χ0v) is 13.2. The average Bonchev–Trinajstić information content (AvgIpc) is 2.63. The van der Waals surface area contributed by atoms with Gasteiger partial charge in [-0.05, 0) is 25.1 Å². The van der Waals surface area contributed by atoms with Crippen molar-refractivity contribution < 1.29 is 9.53 Å². The van der Waals surface area contributed by atoms with Gasteiger partial charge in [-0.1, -0.05) is 12.1 Å². The normalized spacial score (nSPS) is 14.7. The first kappa shape index (κ1) is 15.3. The largest absolute Gasteiger partial charge is 0.493 e. The van der Waals surface area contributed by atoms with Crippen molar-refractivity contribution >= 4 is 11.9 Å². The van der Waals surface area contributed by atoms with Crippen molar-refractivity contribution in [3.63, 3.8) is 0 Å². The number of amides is 1. The highest BCUT2D eigenvalue weighted by Crippen LogP contribution is 2.21. The lowest BCUT2D eigenvalue weighted by Crippen LogP contribution is -2.49. The summed E-state index contributed by atoms with van der Waals surface area (Å²) < 4.78 is 5.56. The van der Waals surface area contributed by atoms with Gasteiger partial charge in [-0.3, -0.25) is 4.79 Å². The van der Waals surface area contributed by atoms with Gasteiger partial charge in [-0.15, -0.1) is 0 Å². The molecule has 0 atom stereocenters. The van der Waals surface area contributed by atoms with Crippen LogP contribution < -0.4 is 9.64 Å². The third-order valence-electron chi connectivity index (χ3n) is 3.82. The number of aromatic nitrogens is 2. The lowest BCUT2D eigenvalue weighted by atomic mass is 10.1. The van der Waals surface area contributed by atoms with Gasteiger partial charge in [0, 0.05) is 38.6 Å². The first-order valence-corrected chi connectivity index (χ1v) is 7.82. The molecule has 0 radical (unpaired) electrons. The van der Waals surface area contributed by atoms with Gasteiger partial charge in [0.15, 0.2) is 0 Å². The van der Waals surface area contributed by atoms with Crippen LogP contribution in [0.1, 0.15) is 17.3 Å². The highest BCUT2D eigenvalue weighted by Gasteiger charge is 2.25. The molecule has 1 saturated heterocycles. The Labute approximate surface area is 135 Å². The summed E-state index contributed by atoms with van der Waals surface area (Å²) in [6.45, 7) is 5.22. The summed E-state index contributed by atoms with van der Waals surface area (Å²) in [7, 11) is 0. The summed E-state index contributed by atoms with van der Waals surface area (Å²) in [5.41, 5.74) is 0.624. The predicted octanol–water partition coefficient (Wildman–Crippen LogP) is 1.84. The highest BCUT2D eigenvalue weighted by atomic mass is 16.5. The van der Waals surface area contributed by atoms with E-state index in [1.54, 1.807) is 18.5 Å². The molecule has 3 rings (SSSR count). The van der Waals surface area contributed by atoms with Crippen LogP contribution in [0.25, 0.3) is 0 Å². The van der Waals surface area contributed by atoms with Crippen LogP contribution in [0.4, 0.5) is 5.95 Å². The lowest BCUT2D eigenvalue weighted by molar-refractivity contribution is 0.0742. The molecule has 0 spiro atoms. The number of carbonyl (C=O) groups excluding carboxylic acids is 1. The number of nitrogens with zero attached hydrogens (tertiary/aromatic N) is 4. The molecule has 6 heteroatoms. The van der Waals surface area contributed by atoms with Crippen molar-refractivity contribution in [2.75, 3.05) is 37.7 Å². The van der Waals surface area contributed by atoms with Crippen LogP contribution in [0.5, 0.6) is 5.75 Å². The number of para-hydroxylation sites is 1. The van der Waals surface area contributed by atoms with E-state index >= 15 is 0 Å². The van der Waals surface area contributed by atoms with E-state index in [-0.39, 0.29) is 5.91 Å². The number of hydrogen-bond donors (Lipinski definition) is 0. The second-order valence-electron chi connectivity index (χ2n) is 5.26. The van der Waals surface area contributed by atoms with Gasteiger partial charge in [-0.25, -0.2) is 9.97 Å². The summed E-state index contributed by atoms with van der Waals surface area (Å²) in [5.74, 6) is 1.38. The average molecular weight is 312 g/mol. The Bertz CT molecular complexity index is 655. The molecule has 0 N–H and O–H groups in total. The van der Waals surface area contributed by atoms with E-state index in [0.29, 0.717) is 37.0 Å². The highest BCUT2D eigenvalue weighted by molar-refractivity contribution is 5.97. The molecule has 6 nitrogen and oxygen atoms in total. The van der Waals surface area contributed by atoms with E-state index in [4.69, 9.17) is 4.74 Å². The molecule has 1 fully saturated rings. The van der Waals surface area contributed by atoms with E-state index in [1.165, 1.54) is 0 Å². The van der Waals surface area contributed by atoms with Gasteiger partial charge in [-0.2, -0.15) is 0 Å². The maximum atomic E-state index is 12.7. The topological polar surface area (TPSA) is 58.6 Å². The van der Waals surface area contributed by atoms with Crippen molar-refractivity contribution in [1.29, 1.82) is 0 Å². The molecule has 23 heavy (non-hydrogen) atoms. The van der Waals surface area contributed by atoms with Gasteiger partial charge in [0.25, 0.3) is 5.91 Å². The van der Waals surface area contributed by atoms with Crippen LogP contribution in [-0.4, -0.2) is 53.6 Å². The zero-order valence-electron chi connectivity index (χ0n) is 13.2. The van der Waals surface area contributed by atoms with Crippen molar-refractivity contribution in [2.45, 2.75) is 6.92 Å². The molecule has 1 aromatic heterocycles. The minimum atomic E-state index is 0.0164. The molecular weight excluding hydrogens is 292 g/mol. The SMILES string of the molecule is CCOc1ccccc1C(=O)N1CCN(c2ncccn2)CC1. The van der Waals surface area contributed by atoms with E-state index < -0.39 is 0 Å². The maximum Gasteiger partial charge on any atom is 0.257 e. The number of hydrogen-bond acceptors (Lipinski definition) is 5. The molecule has 2 aromatic rings. The molecule has 1 aliphatic rings. The number of benzene rings is 1. The minimum absolute atomic E-state index is 0.0164. The fourth-order valence-corrected chi connectivity index (χ4v) is 2.66. The monoisotopic (exact) mass is 312 g/mol. The third-order valence-corrected chi connectivity index (χ3v) is 3.82. The van der Waals surface area contributed by atoms with E-state index in [1.807, 2.05) is 36.1 Å². The Kier molecular flexibility index (Phi) is 4.71. The van der Waals surface area contributed by atoms with E-state index in [2.05, 4.69) is 14.9 Å². The summed E-state index contributed by atoms with van der Waals surface area (Å²) in [6.07, 6.45) is 3.47. The van der Waals surface area contributed by atoms with Crippen LogP contribution in [0.3, 0.4) is 0 Å². The molecule has 1 aromatic carbocycles. The first-order chi connectivity index (χ1) is 11.3. The summed E-state index contributed by atoms with van der Waals surface area (Å²) in [6, 6.07) is 9.20. The van der Waals surface area contributed by atoms with Crippen LogP contribution in [0.15, 0.2) is 42.7 Å². The molecule has 0 unspecified atom stereocenters. The molecule has 2 heterocycles. The molecule has 0 aliphatic carbocycles. The van der Waals surface area contributed by atoms with Crippen molar-refractivity contribution in [2.24, 2.45) is 0 Å². The smallest absolute Gasteiger partial charge is 0.257 e. The van der Waals surface area contributed by atoms with Gasteiger partial charge < -0.3 is 14.5 Å². The number of anilines is 1. The van der Waals surface area contributed by atoms with Gasteiger partial charge >= 0.3 is 0 Å². The fourth-order valence-electron chi connectivity index (χ4n) is 2.66. The standard InChI is InChI=1S/C17H20N4O2/c1-2-23-15-7-4-3-6-14(15)16(22)20-10-12-21(13-11-20)17-18-8-5-9-19-17/h3-9H,2,10-13H2,1H3. The zero-order chi connectivity index (χ0) is 16.1. The van der Waals surface area contributed by atoms with Crippen LogP contribution in [0.2, 0.25) is 0 Å². The van der Waals surface area contributed by atoms with E-state index in [0.717, 1.165) is 13.1 Å². The minimum Gasteiger partial charge on any atom is -0.493 e. The molecule has 1 amide bonds. The van der Waals surface area contributed by atoms with Crippen LogP contribution >= 0.6 is 0 Å². The molecular formula is C17H20N4O2. The summed E-state index contributed by atoms with van der Waals surface area (Å²) >= 11 is 0. The van der Waals surface area contributed by atoms with E-state index in [9.17, 15) is 4.79 Å². The van der Waals surface area contributed by atoms with Crippen molar-refractivity contribution in [3.8, 4) is 5.75 Å². The Morgan fingerprint density at radius 3 is 2.48 bits per heavy atom. The molecule has 120 valence electrons. The van der Waals surface area contributed by atoms with Gasteiger partial charge in [0.05, 0.1) is 12.2 Å². The molecule has 0 bridgehead atoms. The second-order valence-corrected chi connectivity index (χ2v) is 5.26. The second kappa shape index (κ2) is 7.09. The number of ether oxygens (including phenoxy) is 1. The van der Waals surface area contributed by atoms with Gasteiger partial charge in [0.1, 0.15) is 5.75 Å². The number of piperazine rings is 1. The van der Waals surface area contributed by atoms with Crippen molar-refractivity contribution in [1.82, 2.24) is 14.9 Å². The first-order valence-electron chi connectivity index (χ1n) is 7.82. The Balaban J connectivity index is 1.67. The predicted molar refractivity (Wildman–Crippen MR) is 87.8 cm³/mol. The fraction of sp³-hybridized carbons (Fsp3) is 0.353. The van der Waals surface area contributed by atoms with Crippen molar-refractivity contribution in [3.05, 3.63) is 48.3 Å². The van der Waals surface area contributed by atoms with Gasteiger partial charge in [0.2, 0.25) is 5.95 Å². The molecule has 0 saturated carbocycles. The summed E-state index contributed by atoms with van der Waals surface area (Å²) in [5, 5.41) is 0. The number of rotatable bonds is 4. The van der Waals surface area contributed by atoms with Crippen LogP contribution in [0, 0.1) is 0 Å². The van der Waals surface area contributed by atoms with Crippen LogP contribution in [-0.2, 0) is 0 Å². The number of carbonyl (C=O) groups is 1. The Hall–Kier alpha value is -2.63. The molecule has 1 aliphatic heterocycles. The lowest BCUT2D eigenvalue weighted by Gasteiger charge is -2.34. The Morgan fingerprint density at radius 1 is 1.09 bits per heavy atom.